The summed E-state index contributed by atoms with van der Waals surface area (Å²) >= 11 is 0. The number of guanidine groups is 1. The van der Waals surface area contributed by atoms with E-state index in [1.165, 1.54) is 6.07 Å². The Morgan fingerprint density at radius 3 is 2.70 bits per heavy atom. The Labute approximate surface area is 135 Å². The fraction of sp³-hybridized carbons (Fsp3) is 0.278. The van der Waals surface area contributed by atoms with Crippen molar-refractivity contribution in [1.82, 2.24) is 10.6 Å². The lowest BCUT2D eigenvalue weighted by atomic mass is 10.2. The molecule has 0 saturated carbocycles. The van der Waals surface area contributed by atoms with Crippen LogP contribution < -0.4 is 15.4 Å². The Bertz CT molecular complexity index is 685. The van der Waals surface area contributed by atoms with Gasteiger partial charge in [0, 0.05) is 18.2 Å². The zero-order chi connectivity index (χ0) is 16.1. The van der Waals surface area contributed by atoms with Crippen LogP contribution in [0.1, 0.15) is 18.1 Å². The highest BCUT2D eigenvalue weighted by Gasteiger charge is 2.11. The molecule has 0 aliphatic carbocycles. The molecule has 0 saturated heterocycles. The second-order valence-corrected chi connectivity index (χ2v) is 5.61. The number of hydrogen-bond donors (Lipinski definition) is 2. The summed E-state index contributed by atoms with van der Waals surface area (Å²) in [5.74, 6) is 1.33. The molecular weight excluding hydrogens is 293 g/mol. The summed E-state index contributed by atoms with van der Waals surface area (Å²) in [6, 6.07) is 14.8. The molecule has 0 fully saturated rings. The van der Waals surface area contributed by atoms with Gasteiger partial charge in [-0.25, -0.2) is 4.39 Å². The van der Waals surface area contributed by atoms with Gasteiger partial charge >= 0.3 is 0 Å². The third-order valence-electron chi connectivity index (χ3n) is 3.64. The molecule has 0 radical (unpaired) electrons. The molecule has 1 atom stereocenters. The maximum atomic E-state index is 13.5. The van der Waals surface area contributed by atoms with Crippen molar-refractivity contribution in [2.24, 2.45) is 4.99 Å². The fourth-order valence-electron chi connectivity index (χ4n) is 2.33. The smallest absolute Gasteiger partial charge is 0.191 e. The third kappa shape index (κ3) is 4.22. The molecule has 2 aromatic rings. The molecule has 2 aromatic carbocycles. The molecule has 1 heterocycles. The standard InChI is InChI=1S/C18H20FN3O/c1-13-10-20-18(22-13)21-11-14-6-8-16(9-7-14)23-12-15-4-2-3-5-17(15)19/h2-9,13H,10-12H2,1H3,(H2,20,21,22). The van der Waals surface area contributed by atoms with E-state index in [1.54, 1.807) is 18.2 Å². The first-order valence-corrected chi connectivity index (χ1v) is 7.71. The number of nitrogens with one attached hydrogen (secondary N) is 2. The summed E-state index contributed by atoms with van der Waals surface area (Å²) < 4.78 is 19.2. The second-order valence-electron chi connectivity index (χ2n) is 5.61. The molecule has 1 aliphatic rings. The zero-order valence-corrected chi connectivity index (χ0v) is 13.1. The summed E-state index contributed by atoms with van der Waals surface area (Å²) in [6.45, 7) is 3.83. The minimum Gasteiger partial charge on any atom is -0.489 e. The Balaban J connectivity index is 1.50. The number of hydrogen-bond acceptors (Lipinski definition) is 4. The Kier molecular flexibility index (Phi) is 4.76. The van der Waals surface area contributed by atoms with E-state index >= 15 is 0 Å². The van der Waals surface area contributed by atoms with Crippen molar-refractivity contribution in [3.05, 3.63) is 65.5 Å². The lowest BCUT2D eigenvalue weighted by Crippen LogP contribution is -2.37. The number of rotatable bonds is 5. The van der Waals surface area contributed by atoms with E-state index < -0.39 is 0 Å². The first kappa shape index (κ1) is 15.3. The van der Waals surface area contributed by atoms with Crippen molar-refractivity contribution in [2.75, 3.05) is 6.54 Å². The maximum Gasteiger partial charge on any atom is 0.191 e. The van der Waals surface area contributed by atoms with Gasteiger partial charge in [-0.05, 0) is 30.7 Å². The molecule has 2 N–H and O–H groups in total. The molecule has 23 heavy (non-hydrogen) atoms. The van der Waals surface area contributed by atoms with Crippen LogP contribution in [0.5, 0.6) is 5.75 Å². The lowest BCUT2D eigenvalue weighted by molar-refractivity contribution is 0.300. The highest BCUT2D eigenvalue weighted by Crippen LogP contribution is 2.15. The summed E-state index contributed by atoms with van der Waals surface area (Å²) in [5, 5.41) is 6.52. The van der Waals surface area contributed by atoms with Crippen molar-refractivity contribution in [1.29, 1.82) is 0 Å². The molecule has 0 spiro atoms. The monoisotopic (exact) mass is 313 g/mol. The molecule has 0 amide bonds. The van der Waals surface area contributed by atoms with Gasteiger partial charge in [-0.1, -0.05) is 30.3 Å². The highest BCUT2D eigenvalue weighted by molar-refractivity contribution is 5.81. The zero-order valence-electron chi connectivity index (χ0n) is 13.1. The quantitative estimate of drug-likeness (QED) is 0.892. The van der Waals surface area contributed by atoms with Crippen molar-refractivity contribution < 1.29 is 9.13 Å². The van der Waals surface area contributed by atoms with Gasteiger partial charge in [0.05, 0.1) is 6.54 Å². The van der Waals surface area contributed by atoms with Crippen LogP contribution in [-0.2, 0) is 13.2 Å². The van der Waals surface area contributed by atoms with Gasteiger partial charge in [-0.2, -0.15) is 0 Å². The normalized spacial score (nSPS) is 16.6. The van der Waals surface area contributed by atoms with Crippen LogP contribution in [0.3, 0.4) is 0 Å². The second kappa shape index (κ2) is 7.13. The highest BCUT2D eigenvalue weighted by atomic mass is 19.1. The predicted molar refractivity (Wildman–Crippen MR) is 88.9 cm³/mol. The minimum atomic E-state index is -0.243. The van der Waals surface area contributed by atoms with E-state index in [0.29, 0.717) is 18.2 Å². The van der Waals surface area contributed by atoms with Crippen LogP contribution >= 0.6 is 0 Å². The van der Waals surface area contributed by atoms with Crippen molar-refractivity contribution in [2.45, 2.75) is 26.1 Å². The Morgan fingerprint density at radius 1 is 1.22 bits per heavy atom. The number of halogens is 1. The van der Waals surface area contributed by atoms with Crippen molar-refractivity contribution in [3.63, 3.8) is 0 Å². The van der Waals surface area contributed by atoms with Gasteiger partial charge in [0.2, 0.25) is 0 Å². The number of nitrogens with zero attached hydrogens (tertiary/aromatic N) is 1. The largest absolute Gasteiger partial charge is 0.489 e. The number of benzene rings is 2. The lowest BCUT2D eigenvalue weighted by Gasteiger charge is -2.10. The Morgan fingerprint density at radius 2 is 2.00 bits per heavy atom. The fourth-order valence-corrected chi connectivity index (χ4v) is 2.33. The first-order valence-electron chi connectivity index (χ1n) is 7.71. The van der Waals surface area contributed by atoms with E-state index in [0.717, 1.165) is 23.8 Å². The maximum absolute atomic E-state index is 13.5. The van der Waals surface area contributed by atoms with Crippen LogP contribution in [0.2, 0.25) is 0 Å². The van der Waals surface area contributed by atoms with Crippen LogP contribution in [0, 0.1) is 5.82 Å². The van der Waals surface area contributed by atoms with Gasteiger partial charge in [0.1, 0.15) is 18.2 Å². The SMILES string of the molecule is CC1CN=C(NCc2ccc(OCc3ccccc3F)cc2)N1. The van der Waals surface area contributed by atoms with Crippen molar-refractivity contribution in [3.8, 4) is 5.75 Å². The Hall–Kier alpha value is -2.56. The van der Waals surface area contributed by atoms with E-state index in [-0.39, 0.29) is 12.4 Å². The molecule has 5 heteroatoms. The summed E-state index contributed by atoms with van der Waals surface area (Å²) in [7, 11) is 0. The average Bonchev–Trinajstić information content (AvgIpc) is 2.99. The molecule has 4 nitrogen and oxygen atoms in total. The van der Waals surface area contributed by atoms with Crippen LogP contribution in [-0.4, -0.2) is 18.5 Å². The molecule has 120 valence electrons. The van der Waals surface area contributed by atoms with E-state index in [9.17, 15) is 4.39 Å². The van der Waals surface area contributed by atoms with Crippen molar-refractivity contribution >= 4 is 5.96 Å². The van der Waals surface area contributed by atoms with E-state index in [2.05, 4.69) is 22.5 Å². The number of aliphatic imine (C=N–C) groups is 1. The van der Waals surface area contributed by atoms with Crippen LogP contribution in [0.15, 0.2) is 53.5 Å². The van der Waals surface area contributed by atoms with Gasteiger partial charge in [0.15, 0.2) is 5.96 Å². The van der Waals surface area contributed by atoms with E-state index in [1.807, 2.05) is 24.3 Å². The number of ether oxygens (including phenoxy) is 1. The van der Waals surface area contributed by atoms with Gasteiger partial charge in [0.25, 0.3) is 0 Å². The molecule has 1 unspecified atom stereocenters. The first-order chi connectivity index (χ1) is 11.2. The summed E-state index contributed by atoms with van der Waals surface area (Å²) in [6.07, 6.45) is 0. The van der Waals surface area contributed by atoms with Crippen LogP contribution in [0.4, 0.5) is 4.39 Å². The summed E-state index contributed by atoms with van der Waals surface area (Å²) in [5.41, 5.74) is 1.69. The van der Waals surface area contributed by atoms with Gasteiger partial charge in [-0.15, -0.1) is 0 Å². The topological polar surface area (TPSA) is 45.7 Å². The summed E-state index contributed by atoms with van der Waals surface area (Å²) in [4.78, 5) is 4.35. The molecular formula is C18H20FN3O. The molecule has 0 aromatic heterocycles. The molecule has 3 rings (SSSR count). The van der Waals surface area contributed by atoms with Crippen LogP contribution in [0.25, 0.3) is 0 Å². The van der Waals surface area contributed by atoms with Gasteiger partial charge < -0.3 is 15.4 Å². The van der Waals surface area contributed by atoms with E-state index in [4.69, 9.17) is 4.74 Å². The molecule has 0 bridgehead atoms. The molecule has 1 aliphatic heterocycles. The predicted octanol–water partition coefficient (Wildman–Crippen LogP) is 2.84. The third-order valence-corrected chi connectivity index (χ3v) is 3.64. The minimum absolute atomic E-state index is 0.225. The average molecular weight is 313 g/mol. The van der Waals surface area contributed by atoms with Gasteiger partial charge in [-0.3, -0.25) is 4.99 Å².